The van der Waals surface area contributed by atoms with Gasteiger partial charge in [-0.15, -0.1) is 0 Å². The third-order valence-electron chi connectivity index (χ3n) is 3.34. The molecule has 0 amide bonds. The second-order valence-electron chi connectivity index (χ2n) is 4.59. The molecule has 0 unspecified atom stereocenters. The average Bonchev–Trinajstić information content (AvgIpc) is 2.77. The minimum Gasteiger partial charge on any atom is -0.383 e. The molecule has 0 saturated heterocycles. The summed E-state index contributed by atoms with van der Waals surface area (Å²) in [5.74, 6) is 1.06. The molecule has 0 fully saturated rings. The van der Waals surface area contributed by atoms with Gasteiger partial charge in [-0.05, 0) is 43.5 Å². The summed E-state index contributed by atoms with van der Waals surface area (Å²) in [7, 11) is 0. The summed E-state index contributed by atoms with van der Waals surface area (Å²) in [5.41, 5.74) is 3.99. The lowest BCUT2D eigenvalue weighted by Gasteiger charge is -2.11. The van der Waals surface area contributed by atoms with Gasteiger partial charge in [0.15, 0.2) is 0 Å². The molecule has 1 aromatic heterocycles. The third kappa shape index (κ3) is 2.92. The van der Waals surface area contributed by atoms with Crippen molar-refractivity contribution in [3.05, 3.63) is 47.5 Å². The fourth-order valence-corrected chi connectivity index (χ4v) is 2.12. The highest BCUT2D eigenvalue weighted by atomic mass is 15.1. The minimum atomic E-state index is 0.920. The predicted molar refractivity (Wildman–Crippen MR) is 76.0 cm³/mol. The van der Waals surface area contributed by atoms with Crippen molar-refractivity contribution in [3.8, 4) is 0 Å². The Morgan fingerprint density at radius 1 is 1.28 bits per heavy atom. The van der Waals surface area contributed by atoms with Crippen LogP contribution >= 0.6 is 0 Å². The van der Waals surface area contributed by atoms with Crippen LogP contribution in [-0.4, -0.2) is 16.1 Å². The molecule has 0 aliphatic heterocycles. The normalized spacial score (nSPS) is 10.6. The van der Waals surface area contributed by atoms with Crippen LogP contribution in [0.3, 0.4) is 0 Å². The number of imidazole rings is 1. The Morgan fingerprint density at radius 3 is 2.78 bits per heavy atom. The largest absolute Gasteiger partial charge is 0.383 e. The van der Waals surface area contributed by atoms with E-state index in [9.17, 15) is 0 Å². The van der Waals surface area contributed by atoms with Crippen molar-refractivity contribution in [2.45, 2.75) is 33.7 Å². The summed E-state index contributed by atoms with van der Waals surface area (Å²) in [6.07, 6.45) is 4.95. The second kappa shape index (κ2) is 5.71. The Labute approximate surface area is 109 Å². The topological polar surface area (TPSA) is 29.9 Å². The number of aryl methyl sites for hydroxylation is 3. The zero-order chi connectivity index (χ0) is 13.0. The molecule has 0 aliphatic rings. The molecule has 2 aromatic rings. The van der Waals surface area contributed by atoms with Gasteiger partial charge in [-0.3, -0.25) is 0 Å². The first-order chi connectivity index (χ1) is 8.70. The monoisotopic (exact) mass is 243 g/mol. The number of hydrogen-bond donors (Lipinski definition) is 1. The molecule has 0 saturated carbocycles. The van der Waals surface area contributed by atoms with Crippen molar-refractivity contribution in [1.29, 1.82) is 0 Å². The first kappa shape index (κ1) is 12.7. The minimum absolute atomic E-state index is 0.920. The lowest BCUT2D eigenvalue weighted by atomic mass is 10.1. The SMILES string of the molecule is CCc1cc(NCCn2ccnc2C)ccc1C. The van der Waals surface area contributed by atoms with Crippen LogP contribution in [0.1, 0.15) is 23.9 Å². The molecule has 3 nitrogen and oxygen atoms in total. The molecule has 0 spiro atoms. The van der Waals surface area contributed by atoms with Gasteiger partial charge < -0.3 is 9.88 Å². The first-order valence-corrected chi connectivity index (χ1v) is 6.52. The zero-order valence-corrected chi connectivity index (χ0v) is 11.4. The molecule has 0 radical (unpaired) electrons. The predicted octanol–water partition coefficient (Wildman–Crippen LogP) is 3.17. The molecule has 0 atom stereocenters. The van der Waals surface area contributed by atoms with Gasteiger partial charge in [0.05, 0.1) is 0 Å². The average molecular weight is 243 g/mol. The Balaban J connectivity index is 1.92. The van der Waals surface area contributed by atoms with Gasteiger partial charge >= 0.3 is 0 Å². The molecular formula is C15H21N3. The summed E-state index contributed by atoms with van der Waals surface area (Å²) in [6, 6.07) is 6.58. The number of anilines is 1. The van der Waals surface area contributed by atoms with Gasteiger partial charge in [-0.25, -0.2) is 4.98 Å². The second-order valence-corrected chi connectivity index (χ2v) is 4.59. The lowest BCUT2D eigenvalue weighted by molar-refractivity contribution is 0.701. The van der Waals surface area contributed by atoms with Crippen LogP contribution in [-0.2, 0) is 13.0 Å². The van der Waals surface area contributed by atoms with E-state index in [1.807, 2.05) is 19.3 Å². The van der Waals surface area contributed by atoms with Gasteiger partial charge in [-0.1, -0.05) is 13.0 Å². The van der Waals surface area contributed by atoms with Crippen molar-refractivity contribution in [3.63, 3.8) is 0 Å². The molecule has 1 heterocycles. The molecule has 1 N–H and O–H groups in total. The molecule has 96 valence electrons. The van der Waals surface area contributed by atoms with Gasteiger partial charge in [0, 0.05) is 31.2 Å². The van der Waals surface area contributed by atoms with E-state index in [0.717, 1.165) is 25.3 Å². The van der Waals surface area contributed by atoms with Gasteiger partial charge in [0.25, 0.3) is 0 Å². The quantitative estimate of drug-likeness (QED) is 0.874. The summed E-state index contributed by atoms with van der Waals surface area (Å²) in [4.78, 5) is 4.22. The Bertz CT molecular complexity index is 514. The fourth-order valence-electron chi connectivity index (χ4n) is 2.12. The Hall–Kier alpha value is -1.77. The van der Waals surface area contributed by atoms with Gasteiger partial charge in [-0.2, -0.15) is 0 Å². The number of rotatable bonds is 5. The highest BCUT2D eigenvalue weighted by molar-refractivity contribution is 5.48. The van der Waals surface area contributed by atoms with Crippen LogP contribution in [0.25, 0.3) is 0 Å². The Morgan fingerprint density at radius 2 is 2.11 bits per heavy atom. The van der Waals surface area contributed by atoms with Crippen molar-refractivity contribution in [1.82, 2.24) is 9.55 Å². The van der Waals surface area contributed by atoms with E-state index in [4.69, 9.17) is 0 Å². The molecule has 1 aromatic carbocycles. The van der Waals surface area contributed by atoms with Crippen LogP contribution in [0, 0.1) is 13.8 Å². The number of hydrogen-bond acceptors (Lipinski definition) is 2. The Kier molecular flexibility index (Phi) is 4.03. The maximum atomic E-state index is 4.22. The smallest absolute Gasteiger partial charge is 0.105 e. The van der Waals surface area contributed by atoms with Crippen LogP contribution in [0.5, 0.6) is 0 Å². The van der Waals surface area contributed by atoms with E-state index >= 15 is 0 Å². The fraction of sp³-hybridized carbons (Fsp3) is 0.400. The number of nitrogens with one attached hydrogen (secondary N) is 1. The molecular weight excluding hydrogens is 222 g/mol. The third-order valence-corrected chi connectivity index (χ3v) is 3.34. The molecule has 0 bridgehead atoms. The lowest BCUT2D eigenvalue weighted by Crippen LogP contribution is -2.11. The first-order valence-electron chi connectivity index (χ1n) is 6.52. The maximum Gasteiger partial charge on any atom is 0.105 e. The highest BCUT2D eigenvalue weighted by Gasteiger charge is 1.99. The van der Waals surface area contributed by atoms with Crippen molar-refractivity contribution < 1.29 is 0 Å². The van der Waals surface area contributed by atoms with Crippen LogP contribution < -0.4 is 5.32 Å². The standard InChI is InChI=1S/C15H21N3/c1-4-14-11-15(6-5-12(14)2)17-8-10-18-9-7-16-13(18)3/h5-7,9,11,17H,4,8,10H2,1-3H3. The van der Waals surface area contributed by atoms with Crippen LogP contribution in [0.4, 0.5) is 5.69 Å². The van der Waals surface area contributed by atoms with Gasteiger partial charge in [0.2, 0.25) is 0 Å². The van der Waals surface area contributed by atoms with E-state index in [1.165, 1.54) is 16.8 Å². The highest BCUT2D eigenvalue weighted by Crippen LogP contribution is 2.15. The summed E-state index contributed by atoms with van der Waals surface area (Å²) < 4.78 is 2.15. The van der Waals surface area contributed by atoms with Crippen molar-refractivity contribution in [2.75, 3.05) is 11.9 Å². The number of nitrogens with zero attached hydrogens (tertiary/aromatic N) is 2. The van der Waals surface area contributed by atoms with Crippen molar-refractivity contribution >= 4 is 5.69 Å². The summed E-state index contributed by atoms with van der Waals surface area (Å²) in [6.45, 7) is 8.25. The zero-order valence-electron chi connectivity index (χ0n) is 11.4. The number of aromatic nitrogens is 2. The van der Waals surface area contributed by atoms with Crippen LogP contribution in [0.15, 0.2) is 30.6 Å². The summed E-state index contributed by atoms with van der Waals surface area (Å²) in [5, 5.41) is 3.46. The maximum absolute atomic E-state index is 4.22. The summed E-state index contributed by atoms with van der Waals surface area (Å²) >= 11 is 0. The molecule has 18 heavy (non-hydrogen) atoms. The van der Waals surface area contributed by atoms with E-state index in [-0.39, 0.29) is 0 Å². The van der Waals surface area contributed by atoms with E-state index in [1.54, 1.807) is 0 Å². The van der Waals surface area contributed by atoms with Gasteiger partial charge in [0.1, 0.15) is 5.82 Å². The molecule has 0 aliphatic carbocycles. The van der Waals surface area contributed by atoms with Crippen LogP contribution in [0.2, 0.25) is 0 Å². The van der Waals surface area contributed by atoms with E-state index < -0.39 is 0 Å². The van der Waals surface area contributed by atoms with E-state index in [2.05, 4.69) is 46.9 Å². The molecule has 3 heteroatoms. The molecule has 2 rings (SSSR count). The van der Waals surface area contributed by atoms with Crippen molar-refractivity contribution in [2.24, 2.45) is 0 Å². The number of benzene rings is 1. The van der Waals surface area contributed by atoms with E-state index in [0.29, 0.717) is 0 Å².